The zero-order valence-electron chi connectivity index (χ0n) is 16.9. The summed E-state index contributed by atoms with van der Waals surface area (Å²) in [5.74, 6) is 1.28. The zero-order valence-corrected chi connectivity index (χ0v) is 17.7. The van der Waals surface area contributed by atoms with Gasteiger partial charge in [-0.15, -0.1) is 0 Å². The van der Waals surface area contributed by atoms with Crippen molar-refractivity contribution < 1.29 is 0 Å². The third kappa shape index (κ3) is 3.66. The molecule has 3 aromatic rings. The third-order valence-corrected chi connectivity index (χ3v) is 6.63. The summed E-state index contributed by atoms with van der Waals surface area (Å²) in [6.07, 6.45) is 1.13. The van der Waals surface area contributed by atoms with E-state index in [4.69, 9.17) is 12.2 Å². The highest BCUT2D eigenvalue weighted by molar-refractivity contribution is 7.80. The molecule has 1 aliphatic carbocycles. The minimum Gasteiger partial charge on any atom is -0.363 e. The van der Waals surface area contributed by atoms with Crippen LogP contribution in [0.25, 0.3) is 10.9 Å². The number of thiocarbonyl (C=S) groups is 1. The number of aryl methyl sites for hydroxylation is 1. The normalized spacial score (nSPS) is 20.1. The summed E-state index contributed by atoms with van der Waals surface area (Å²) in [5.41, 5.74) is 5.65. The molecule has 28 heavy (non-hydrogen) atoms. The van der Waals surface area contributed by atoms with Crippen LogP contribution in [-0.4, -0.2) is 16.6 Å². The van der Waals surface area contributed by atoms with E-state index >= 15 is 0 Å². The fourth-order valence-electron chi connectivity index (χ4n) is 4.74. The summed E-state index contributed by atoms with van der Waals surface area (Å²) in [4.78, 5) is 3.57. The van der Waals surface area contributed by atoms with E-state index in [1.165, 1.54) is 27.7 Å². The van der Waals surface area contributed by atoms with Crippen molar-refractivity contribution >= 4 is 28.2 Å². The molecule has 1 heterocycles. The summed E-state index contributed by atoms with van der Waals surface area (Å²) in [7, 11) is 0. The van der Waals surface area contributed by atoms with E-state index in [0.717, 1.165) is 24.6 Å². The molecule has 0 unspecified atom stereocenters. The number of aromatic nitrogens is 1. The fourth-order valence-corrected chi connectivity index (χ4v) is 4.91. The summed E-state index contributed by atoms with van der Waals surface area (Å²) >= 11 is 5.45. The van der Waals surface area contributed by atoms with Gasteiger partial charge >= 0.3 is 0 Å². The zero-order chi connectivity index (χ0) is 19.7. The number of H-pyrrole nitrogens is 1. The van der Waals surface area contributed by atoms with Gasteiger partial charge in [-0.3, -0.25) is 0 Å². The van der Waals surface area contributed by atoms with Gasteiger partial charge in [0.05, 0.1) is 0 Å². The van der Waals surface area contributed by atoms with Crippen molar-refractivity contribution in [2.75, 3.05) is 6.54 Å². The minimum absolute atomic E-state index is 0.330. The van der Waals surface area contributed by atoms with Crippen LogP contribution in [0.1, 0.15) is 43.0 Å². The van der Waals surface area contributed by atoms with Gasteiger partial charge in [0.15, 0.2) is 5.11 Å². The van der Waals surface area contributed by atoms with Gasteiger partial charge < -0.3 is 15.6 Å². The number of benzene rings is 2. The summed E-state index contributed by atoms with van der Waals surface area (Å²) in [5, 5.41) is 8.81. The van der Waals surface area contributed by atoms with Gasteiger partial charge in [-0.2, -0.15) is 0 Å². The number of hydrogen-bond acceptors (Lipinski definition) is 1. The number of hydrogen-bond donors (Lipinski definition) is 3. The van der Waals surface area contributed by atoms with E-state index in [0.29, 0.717) is 17.3 Å². The number of nitrogens with one attached hydrogen (secondary N) is 3. The van der Waals surface area contributed by atoms with Gasteiger partial charge in [-0.1, -0.05) is 62.4 Å². The van der Waals surface area contributed by atoms with Gasteiger partial charge in [0.1, 0.15) is 0 Å². The Morgan fingerprint density at radius 2 is 1.75 bits per heavy atom. The van der Waals surface area contributed by atoms with E-state index in [9.17, 15) is 0 Å². The Balaban J connectivity index is 1.33. The van der Waals surface area contributed by atoms with Crippen molar-refractivity contribution in [3.8, 4) is 0 Å². The second-order valence-corrected chi connectivity index (χ2v) is 8.91. The van der Waals surface area contributed by atoms with Crippen molar-refractivity contribution in [3.63, 3.8) is 0 Å². The molecule has 0 aliphatic heterocycles. The average Bonchev–Trinajstić information content (AvgIpc) is 3.05. The minimum atomic E-state index is 0.330. The van der Waals surface area contributed by atoms with Gasteiger partial charge in [0, 0.05) is 29.7 Å². The van der Waals surface area contributed by atoms with Crippen LogP contribution in [0.5, 0.6) is 0 Å². The molecule has 0 bridgehead atoms. The largest absolute Gasteiger partial charge is 0.363 e. The molecule has 0 amide bonds. The predicted octanol–water partition coefficient (Wildman–Crippen LogP) is 5.27. The Kier molecular flexibility index (Phi) is 5.15. The van der Waals surface area contributed by atoms with Crippen LogP contribution in [-0.2, 0) is 6.54 Å². The maximum absolute atomic E-state index is 5.45. The highest BCUT2D eigenvalue weighted by Crippen LogP contribution is 2.67. The Morgan fingerprint density at radius 1 is 1.04 bits per heavy atom. The van der Waals surface area contributed by atoms with Crippen molar-refractivity contribution in [2.24, 2.45) is 11.3 Å². The molecule has 146 valence electrons. The fraction of sp³-hybridized carbons (Fsp3) is 0.375. The highest BCUT2D eigenvalue weighted by atomic mass is 32.1. The predicted molar refractivity (Wildman–Crippen MR) is 122 cm³/mol. The van der Waals surface area contributed by atoms with Gasteiger partial charge in [0.25, 0.3) is 0 Å². The lowest BCUT2D eigenvalue weighted by Crippen LogP contribution is -2.35. The SMILES string of the molecule is Cc1[nH]c2ccccc2c1[C@@H]1[C@H](CCNC(=S)NCc2ccccc2)C1(C)C. The molecule has 0 spiro atoms. The van der Waals surface area contributed by atoms with Crippen molar-refractivity contribution in [1.82, 2.24) is 15.6 Å². The Hall–Kier alpha value is -2.33. The first kappa shape index (κ1) is 19.0. The second-order valence-electron chi connectivity index (χ2n) is 8.50. The second kappa shape index (κ2) is 7.59. The van der Waals surface area contributed by atoms with E-state index < -0.39 is 0 Å². The molecular formula is C24H29N3S. The first-order valence-electron chi connectivity index (χ1n) is 10.1. The molecule has 2 aromatic carbocycles. The van der Waals surface area contributed by atoms with Gasteiger partial charge in [-0.25, -0.2) is 0 Å². The van der Waals surface area contributed by atoms with Crippen LogP contribution in [0.2, 0.25) is 0 Å². The van der Waals surface area contributed by atoms with Crippen LogP contribution in [0, 0.1) is 18.3 Å². The quantitative estimate of drug-likeness (QED) is 0.501. The molecule has 3 nitrogen and oxygen atoms in total. The molecule has 1 fully saturated rings. The summed E-state index contributed by atoms with van der Waals surface area (Å²) in [6, 6.07) is 19.0. The number of aromatic amines is 1. The first-order valence-corrected chi connectivity index (χ1v) is 10.5. The molecule has 0 radical (unpaired) electrons. The maximum Gasteiger partial charge on any atom is 0.166 e. The van der Waals surface area contributed by atoms with Gasteiger partial charge in [0.2, 0.25) is 0 Å². The van der Waals surface area contributed by atoms with E-state index in [1.54, 1.807) is 0 Å². The standard InChI is InChI=1S/C24H29N3S/c1-16-21(18-11-7-8-12-20(18)27-16)22-19(24(22,2)3)13-14-25-23(28)26-15-17-9-5-4-6-10-17/h4-12,19,22,27H,13-15H2,1-3H3,(H2,25,26,28)/t19-,22-/m0/s1. The lowest BCUT2D eigenvalue weighted by Gasteiger charge is -2.11. The van der Waals surface area contributed by atoms with E-state index in [-0.39, 0.29) is 0 Å². The van der Waals surface area contributed by atoms with Crippen molar-refractivity contribution in [3.05, 3.63) is 71.4 Å². The molecule has 4 rings (SSSR count). The summed E-state index contributed by atoms with van der Waals surface area (Å²) < 4.78 is 0. The Morgan fingerprint density at radius 3 is 2.54 bits per heavy atom. The Bertz CT molecular complexity index is 974. The van der Waals surface area contributed by atoms with Crippen LogP contribution < -0.4 is 10.6 Å². The van der Waals surface area contributed by atoms with Crippen LogP contribution in [0.3, 0.4) is 0 Å². The number of para-hydroxylation sites is 1. The Labute approximate surface area is 172 Å². The molecule has 3 N–H and O–H groups in total. The topological polar surface area (TPSA) is 39.9 Å². The maximum atomic E-state index is 5.45. The first-order chi connectivity index (χ1) is 13.5. The smallest absolute Gasteiger partial charge is 0.166 e. The van der Waals surface area contributed by atoms with Gasteiger partial charge in [-0.05, 0) is 60.0 Å². The molecule has 2 atom stereocenters. The molecule has 1 saturated carbocycles. The molecule has 1 aromatic heterocycles. The van der Waals surface area contributed by atoms with Crippen LogP contribution in [0.15, 0.2) is 54.6 Å². The van der Waals surface area contributed by atoms with E-state index in [1.807, 2.05) is 6.07 Å². The molecule has 1 aliphatic rings. The molecular weight excluding hydrogens is 362 g/mol. The molecule has 4 heteroatoms. The van der Waals surface area contributed by atoms with Crippen LogP contribution >= 0.6 is 12.2 Å². The highest BCUT2D eigenvalue weighted by Gasteiger charge is 2.58. The third-order valence-electron chi connectivity index (χ3n) is 6.34. The number of rotatable bonds is 6. The summed E-state index contributed by atoms with van der Waals surface area (Å²) in [6.45, 7) is 8.68. The van der Waals surface area contributed by atoms with Crippen LogP contribution in [0.4, 0.5) is 0 Å². The van der Waals surface area contributed by atoms with Crippen molar-refractivity contribution in [1.29, 1.82) is 0 Å². The van der Waals surface area contributed by atoms with Crippen molar-refractivity contribution in [2.45, 2.75) is 39.7 Å². The monoisotopic (exact) mass is 391 g/mol. The van der Waals surface area contributed by atoms with E-state index in [2.05, 4.69) is 84.9 Å². The average molecular weight is 392 g/mol. The molecule has 0 saturated heterocycles. The lowest BCUT2D eigenvalue weighted by molar-refractivity contribution is 0.527. The lowest BCUT2D eigenvalue weighted by atomic mass is 10.0. The number of fused-ring (bicyclic) bond motifs is 1.